The molecular weight excluding hydrogens is 631 g/mol. The number of nitrogens with one attached hydrogen (secondary N) is 2. The fourth-order valence-corrected chi connectivity index (χ4v) is 4.67. The lowest BCUT2D eigenvalue weighted by atomic mass is 10.0. The van der Waals surface area contributed by atoms with Crippen molar-refractivity contribution in [1.29, 1.82) is 0 Å². The number of aromatic nitrogens is 5. The molecule has 242 valence electrons. The minimum Gasteiger partial charge on any atom is -0.322 e. The molecule has 11 nitrogen and oxygen atoms in total. The monoisotopic (exact) mass is 654 g/mol. The fourth-order valence-electron chi connectivity index (χ4n) is 4.67. The Morgan fingerprint density at radius 3 is 2.37 bits per heavy atom. The number of nitrogens with zero attached hydrogens (tertiary/aromatic N) is 5. The van der Waals surface area contributed by atoms with Gasteiger partial charge in [0.05, 0.1) is 28.2 Å². The second kappa shape index (κ2) is 11.9. The molecule has 1 amide bonds. The molecule has 2 N–H and O–H groups in total. The van der Waals surface area contributed by atoms with Gasteiger partial charge < -0.3 is 10.2 Å². The van der Waals surface area contributed by atoms with Gasteiger partial charge in [-0.3, -0.25) is 9.59 Å². The van der Waals surface area contributed by atoms with Crippen LogP contribution in [0.15, 0.2) is 47.3 Å². The maximum Gasteiger partial charge on any atom is 0.496 e. The van der Waals surface area contributed by atoms with E-state index in [4.69, 9.17) is 0 Å². The molecular formula is C28H23F7N7O4+. The van der Waals surface area contributed by atoms with Crippen LogP contribution in [0.25, 0.3) is 0 Å². The van der Waals surface area contributed by atoms with Crippen molar-refractivity contribution in [3.63, 3.8) is 0 Å². The summed E-state index contributed by atoms with van der Waals surface area (Å²) in [5.74, 6) is -4.77. The molecule has 0 unspecified atom stereocenters. The predicted octanol–water partition coefficient (Wildman–Crippen LogP) is 3.54. The van der Waals surface area contributed by atoms with Gasteiger partial charge in [0.15, 0.2) is 0 Å². The number of carbonyl (C=O) groups excluding carboxylic acids is 2. The van der Waals surface area contributed by atoms with Crippen LogP contribution in [0.4, 0.5) is 42.4 Å². The first-order valence-electron chi connectivity index (χ1n) is 13.4. The Morgan fingerprint density at radius 1 is 1.02 bits per heavy atom. The van der Waals surface area contributed by atoms with Crippen LogP contribution in [0.5, 0.6) is 0 Å². The Hall–Kier alpha value is -5.29. The lowest BCUT2D eigenvalue weighted by Gasteiger charge is -2.24. The molecule has 2 aromatic carbocycles. The predicted molar refractivity (Wildman–Crippen MR) is 143 cm³/mol. The van der Waals surface area contributed by atoms with Crippen molar-refractivity contribution in [1.82, 2.24) is 24.8 Å². The SMILES string of the molecule is Cc1c(Cc2ccc(F)c(C(=O)N3CCn4c(Nc5ccc(C(F)(F)F)cc5)n[n+](OC(=O)C(F)(F)F)c4C3)c2)n[nH]c(=O)c1C. The van der Waals surface area contributed by atoms with Crippen LogP contribution in [-0.4, -0.2) is 49.4 Å². The normalized spacial score (nSPS) is 13.4. The summed E-state index contributed by atoms with van der Waals surface area (Å²) in [6, 6.07) is 7.48. The van der Waals surface area contributed by atoms with Gasteiger partial charge in [0, 0.05) is 22.8 Å². The Balaban J connectivity index is 1.43. The highest BCUT2D eigenvalue weighted by molar-refractivity contribution is 5.94. The first-order valence-corrected chi connectivity index (χ1v) is 13.4. The Labute approximate surface area is 254 Å². The molecule has 2 aromatic heterocycles. The maximum atomic E-state index is 14.9. The number of hydrogen-bond acceptors (Lipinski definition) is 7. The lowest BCUT2D eigenvalue weighted by Crippen LogP contribution is -2.56. The van der Waals surface area contributed by atoms with Gasteiger partial charge in [-0.05, 0) is 61.4 Å². The van der Waals surface area contributed by atoms with Gasteiger partial charge in [-0.1, -0.05) is 6.07 Å². The zero-order valence-corrected chi connectivity index (χ0v) is 23.9. The van der Waals surface area contributed by atoms with E-state index >= 15 is 0 Å². The lowest BCUT2D eigenvalue weighted by molar-refractivity contribution is -0.919. The fraction of sp³-hybridized carbons (Fsp3) is 0.286. The maximum absolute atomic E-state index is 14.9. The van der Waals surface area contributed by atoms with Crippen LogP contribution in [0.1, 0.15) is 44.1 Å². The van der Waals surface area contributed by atoms with Crippen molar-refractivity contribution in [3.05, 3.63) is 98.0 Å². The van der Waals surface area contributed by atoms with Crippen molar-refractivity contribution < 1.29 is 50.0 Å². The Bertz CT molecular complexity index is 1880. The van der Waals surface area contributed by atoms with Gasteiger partial charge in [0.25, 0.3) is 11.5 Å². The van der Waals surface area contributed by atoms with Crippen LogP contribution < -0.4 is 20.6 Å². The van der Waals surface area contributed by atoms with E-state index in [9.17, 15) is 45.1 Å². The number of halogens is 7. The van der Waals surface area contributed by atoms with Crippen molar-refractivity contribution in [2.45, 2.75) is 45.7 Å². The highest BCUT2D eigenvalue weighted by Crippen LogP contribution is 2.30. The van der Waals surface area contributed by atoms with Gasteiger partial charge >= 0.3 is 30.1 Å². The van der Waals surface area contributed by atoms with E-state index < -0.39 is 42.2 Å². The number of benzene rings is 2. The van der Waals surface area contributed by atoms with Crippen molar-refractivity contribution >= 4 is 23.5 Å². The number of carbonyl (C=O) groups is 2. The summed E-state index contributed by atoms with van der Waals surface area (Å²) in [5, 5.41) is 12.9. The molecule has 4 aromatic rings. The number of hydrogen-bond donors (Lipinski definition) is 2. The molecule has 5 rings (SSSR count). The zero-order chi connectivity index (χ0) is 33.6. The Morgan fingerprint density at radius 2 is 1.72 bits per heavy atom. The number of anilines is 2. The summed E-state index contributed by atoms with van der Waals surface area (Å²) in [5.41, 5.74) is 0.445. The highest BCUT2D eigenvalue weighted by atomic mass is 19.4. The van der Waals surface area contributed by atoms with Crippen molar-refractivity contribution in [2.75, 3.05) is 11.9 Å². The first-order chi connectivity index (χ1) is 21.5. The third-order valence-corrected chi connectivity index (χ3v) is 7.32. The molecule has 0 bridgehead atoms. The van der Waals surface area contributed by atoms with E-state index in [0.717, 1.165) is 35.2 Å². The Kier molecular flexibility index (Phi) is 8.31. The summed E-state index contributed by atoms with van der Waals surface area (Å²) in [7, 11) is 0. The average Bonchev–Trinajstić information content (AvgIpc) is 3.33. The number of fused-ring (bicyclic) bond motifs is 1. The molecule has 3 heterocycles. The third-order valence-electron chi connectivity index (χ3n) is 7.32. The summed E-state index contributed by atoms with van der Waals surface area (Å²) in [6.07, 6.45) is -9.87. The molecule has 0 atom stereocenters. The molecule has 46 heavy (non-hydrogen) atoms. The number of rotatable bonds is 6. The van der Waals surface area contributed by atoms with Gasteiger partial charge in [-0.25, -0.2) is 19.1 Å². The molecule has 0 saturated heterocycles. The zero-order valence-electron chi connectivity index (χ0n) is 23.9. The topological polar surface area (TPSA) is 126 Å². The molecule has 18 heteroatoms. The summed E-state index contributed by atoms with van der Waals surface area (Å²) in [6.45, 7) is 2.59. The number of amides is 1. The molecule has 1 aliphatic heterocycles. The van der Waals surface area contributed by atoms with Crippen LogP contribution in [0.2, 0.25) is 0 Å². The minimum atomic E-state index is -5.41. The molecule has 0 radical (unpaired) electrons. The molecule has 0 fully saturated rings. The second-order valence-electron chi connectivity index (χ2n) is 10.3. The van der Waals surface area contributed by atoms with Gasteiger partial charge in [0.2, 0.25) is 0 Å². The van der Waals surface area contributed by atoms with Gasteiger partial charge in [0.1, 0.15) is 18.9 Å². The van der Waals surface area contributed by atoms with E-state index in [2.05, 4.69) is 25.5 Å². The molecule has 1 aliphatic rings. The van der Waals surface area contributed by atoms with E-state index in [-0.39, 0.29) is 52.9 Å². The van der Waals surface area contributed by atoms with E-state index in [1.165, 1.54) is 16.7 Å². The van der Waals surface area contributed by atoms with Crippen LogP contribution in [0.3, 0.4) is 0 Å². The number of alkyl halides is 6. The van der Waals surface area contributed by atoms with Gasteiger partial charge in [-0.15, -0.1) is 0 Å². The molecule has 0 saturated carbocycles. The van der Waals surface area contributed by atoms with Crippen molar-refractivity contribution in [3.8, 4) is 0 Å². The van der Waals surface area contributed by atoms with Crippen LogP contribution in [0, 0.1) is 19.7 Å². The number of aromatic amines is 1. The molecule has 0 spiro atoms. The van der Waals surface area contributed by atoms with Gasteiger partial charge in [-0.2, -0.15) is 36.0 Å². The van der Waals surface area contributed by atoms with E-state index in [0.29, 0.717) is 22.4 Å². The molecule has 0 aliphatic carbocycles. The largest absolute Gasteiger partial charge is 0.496 e. The standard InChI is InChI=1S/C28H22F7N7O4/c1-14-15(2)23(43)38-37-21(14)12-16-3-8-20(29)19(11-16)24(44)40-9-10-41-22(13-40)42(46-25(45)28(33,34)35)39-26(41)36-18-6-4-17(5-7-18)27(30,31)32/h3-8,11H,9-10,12-13H2,1-2H3,(H-,36,38,39,43)/p+1. The van der Waals surface area contributed by atoms with Crippen molar-refractivity contribution in [2.24, 2.45) is 0 Å². The van der Waals surface area contributed by atoms with Crippen LogP contribution >= 0.6 is 0 Å². The summed E-state index contributed by atoms with van der Waals surface area (Å²) in [4.78, 5) is 42.7. The smallest absolute Gasteiger partial charge is 0.322 e. The third kappa shape index (κ3) is 6.54. The average molecular weight is 655 g/mol. The summed E-state index contributed by atoms with van der Waals surface area (Å²) >= 11 is 0. The van der Waals surface area contributed by atoms with E-state index in [1.54, 1.807) is 13.8 Å². The van der Waals surface area contributed by atoms with E-state index in [1.807, 2.05) is 0 Å². The van der Waals surface area contributed by atoms with Crippen LogP contribution in [-0.2, 0) is 30.5 Å². The quantitative estimate of drug-likeness (QED) is 0.241. The highest BCUT2D eigenvalue weighted by Gasteiger charge is 2.46. The summed E-state index contributed by atoms with van der Waals surface area (Å²) < 4.78 is 94.1. The first kappa shape index (κ1) is 32.1. The minimum absolute atomic E-state index is 0.0786. The second-order valence-corrected chi connectivity index (χ2v) is 10.3. The number of H-pyrrole nitrogens is 1.